The lowest BCUT2D eigenvalue weighted by atomic mass is 10.1. The Morgan fingerprint density at radius 1 is 0.646 bits per heavy atom. The van der Waals surface area contributed by atoms with Gasteiger partial charge >= 0.3 is 17.9 Å². The lowest BCUT2D eigenvalue weighted by molar-refractivity contribution is -0.887. The number of rotatable bonds is 30. The molecule has 8 heteroatoms. The van der Waals surface area contributed by atoms with Gasteiger partial charge in [0, 0.05) is 19.3 Å². The molecule has 0 saturated heterocycles. The molecule has 0 aliphatic carbocycles. The maximum atomic E-state index is 12.6. The number of esters is 2. The fraction of sp³-hybridized carbons (Fsp3) is 0.625. The SMILES string of the molecule is CC/C=C/C=C/C=C/C=C/C=C/C=C/CCCCCC(=O)OC(COCCC(C(=O)O)[N+](C)(C)C)COC(=O)CCCCCCCCC. The molecule has 0 heterocycles. The lowest BCUT2D eigenvalue weighted by Crippen LogP contribution is -2.50. The molecule has 0 radical (unpaired) electrons. The zero-order valence-corrected chi connectivity index (χ0v) is 30.7. The number of hydrogen-bond donors (Lipinski definition) is 1. The molecule has 0 aromatic rings. The molecule has 0 saturated carbocycles. The third kappa shape index (κ3) is 29.0. The summed E-state index contributed by atoms with van der Waals surface area (Å²) in [7, 11) is 5.48. The predicted octanol–water partition coefficient (Wildman–Crippen LogP) is 8.85. The number of carbonyl (C=O) groups is 3. The molecule has 0 aromatic carbocycles. The van der Waals surface area contributed by atoms with Crippen molar-refractivity contribution in [3.63, 3.8) is 0 Å². The third-order valence-corrected chi connectivity index (χ3v) is 7.53. The maximum absolute atomic E-state index is 12.6. The van der Waals surface area contributed by atoms with Gasteiger partial charge in [-0.05, 0) is 32.1 Å². The first-order valence-electron chi connectivity index (χ1n) is 18.1. The van der Waals surface area contributed by atoms with Gasteiger partial charge in [0.15, 0.2) is 12.1 Å². The Morgan fingerprint density at radius 2 is 1.17 bits per heavy atom. The van der Waals surface area contributed by atoms with Gasteiger partial charge in [-0.1, -0.05) is 132 Å². The normalized spacial score (nSPS) is 13.9. The lowest BCUT2D eigenvalue weighted by Gasteiger charge is -2.31. The fourth-order valence-electron chi connectivity index (χ4n) is 4.71. The summed E-state index contributed by atoms with van der Waals surface area (Å²) in [4.78, 5) is 36.6. The molecule has 0 fully saturated rings. The van der Waals surface area contributed by atoms with Crippen molar-refractivity contribution >= 4 is 17.9 Å². The molecule has 48 heavy (non-hydrogen) atoms. The average molecular weight is 673 g/mol. The smallest absolute Gasteiger partial charge is 0.362 e. The first-order chi connectivity index (χ1) is 23.1. The van der Waals surface area contributed by atoms with Crippen LogP contribution < -0.4 is 0 Å². The van der Waals surface area contributed by atoms with Crippen LogP contribution in [0.25, 0.3) is 0 Å². The van der Waals surface area contributed by atoms with Gasteiger partial charge in [0.2, 0.25) is 0 Å². The first-order valence-corrected chi connectivity index (χ1v) is 18.1. The number of quaternary nitrogens is 1. The van der Waals surface area contributed by atoms with Gasteiger partial charge in [-0.25, -0.2) is 4.79 Å². The van der Waals surface area contributed by atoms with Crippen molar-refractivity contribution in [2.45, 2.75) is 122 Å². The Bertz CT molecular complexity index is 1020. The van der Waals surface area contributed by atoms with E-state index in [1.54, 1.807) is 0 Å². The summed E-state index contributed by atoms with van der Waals surface area (Å²) in [6.07, 6.45) is 36.7. The van der Waals surface area contributed by atoms with Crippen LogP contribution in [0.5, 0.6) is 0 Å². The Balaban J connectivity index is 4.54. The van der Waals surface area contributed by atoms with Crippen LogP contribution in [0.3, 0.4) is 0 Å². The summed E-state index contributed by atoms with van der Waals surface area (Å²) in [5.74, 6) is -1.55. The number of nitrogens with zero attached hydrogens (tertiary/aromatic N) is 1. The molecule has 0 aliphatic heterocycles. The molecule has 0 amide bonds. The Kier molecular flexibility index (Phi) is 29.0. The highest BCUT2D eigenvalue weighted by Crippen LogP contribution is 2.12. The number of allylic oxidation sites excluding steroid dienone is 12. The summed E-state index contributed by atoms with van der Waals surface area (Å²) in [5, 5.41) is 9.55. The van der Waals surface area contributed by atoms with Crippen molar-refractivity contribution in [2.24, 2.45) is 0 Å². The summed E-state index contributed by atoms with van der Waals surface area (Å²) in [5.41, 5.74) is 0. The topological polar surface area (TPSA) is 99.1 Å². The first kappa shape index (κ1) is 44.8. The molecule has 0 aromatic heterocycles. The Morgan fingerprint density at radius 3 is 1.73 bits per heavy atom. The van der Waals surface area contributed by atoms with Crippen molar-refractivity contribution in [1.29, 1.82) is 0 Å². The number of ether oxygens (including phenoxy) is 3. The van der Waals surface area contributed by atoms with Gasteiger partial charge in [-0.2, -0.15) is 0 Å². The molecule has 2 unspecified atom stereocenters. The molecule has 8 nitrogen and oxygen atoms in total. The second-order valence-corrected chi connectivity index (χ2v) is 12.9. The van der Waals surface area contributed by atoms with E-state index < -0.39 is 18.1 Å². The van der Waals surface area contributed by atoms with E-state index in [2.05, 4.69) is 26.0 Å². The number of hydrogen-bond acceptors (Lipinski definition) is 6. The minimum Gasteiger partial charge on any atom is -0.477 e. The van der Waals surface area contributed by atoms with Gasteiger partial charge in [-0.3, -0.25) is 9.59 Å². The average Bonchev–Trinajstić information content (AvgIpc) is 3.03. The van der Waals surface area contributed by atoms with Gasteiger partial charge < -0.3 is 23.8 Å². The number of carbonyl (C=O) groups excluding carboxylic acids is 2. The van der Waals surface area contributed by atoms with Crippen molar-refractivity contribution in [3.05, 3.63) is 72.9 Å². The van der Waals surface area contributed by atoms with Crippen molar-refractivity contribution < 1.29 is 38.2 Å². The van der Waals surface area contributed by atoms with Crippen molar-refractivity contribution in [2.75, 3.05) is 41.0 Å². The van der Waals surface area contributed by atoms with E-state index in [0.717, 1.165) is 44.9 Å². The number of aliphatic carboxylic acids is 1. The van der Waals surface area contributed by atoms with Crippen LogP contribution in [-0.2, 0) is 28.6 Å². The number of unbranched alkanes of at least 4 members (excludes halogenated alkanes) is 9. The zero-order chi connectivity index (χ0) is 35.7. The van der Waals surface area contributed by atoms with Crippen LogP contribution in [0.4, 0.5) is 0 Å². The molecule has 0 bridgehead atoms. The molecule has 0 spiro atoms. The van der Waals surface area contributed by atoms with Gasteiger partial charge in [0.1, 0.15) is 6.61 Å². The molecule has 0 aliphatic rings. The third-order valence-electron chi connectivity index (χ3n) is 7.53. The predicted molar refractivity (Wildman–Crippen MR) is 197 cm³/mol. The summed E-state index contributed by atoms with van der Waals surface area (Å²) < 4.78 is 17.1. The molecule has 272 valence electrons. The van der Waals surface area contributed by atoms with Crippen LogP contribution in [0.15, 0.2) is 72.9 Å². The maximum Gasteiger partial charge on any atom is 0.362 e. The van der Waals surface area contributed by atoms with Crippen LogP contribution in [0.1, 0.15) is 110 Å². The van der Waals surface area contributed by atoms with Gasteiger partial charge in [-0.15, -0.1) is 0 Å². The number of carboxylic acid groups (broad SMARTS) is 1. The molecule has 0 rings (SSSR count). The standard InChI is InChI=1S/C40H65NO7/c1-6-8-10-12-14-15-16-17-18-19-20-21-22-23-25-27-29-31-39(43)48-36(34-46-33-32-37(40(44)45)41(3,4)5)35-47-38(42)30-28-26-24-13-11-9-7-2/h8,10,12,14-22,36-37H,6-7,9,11,13,23-35H2,1-5H3/p+1/b10-8+,14-12+,16-15+,18-17+,20-19+,22-21+. The number of likely N-dealkylation sites (N-methyl/N-ethyl adjacent to an activating group) is 1. The van der Waals surface area contributed by atoms with E-state index in [1.807, 2.05) is 81.9 Å². The van der Waals surface area contributed by atoms with E-state index in [4.69, 9.17) is 14.2 Å². The van der Waals surface area contributed by atoms with Crippen LogP contribution in [-0.4, -0.2) is 80.6 Å². The van der Waals surface area contributed by atoms with Crippen LogP contribution in [0, 0.1) is 0 Å². The summed E-state index contributed by atoms with van der Waals surface area (Å²) in [6.45, 7) is 4.46. The van der Waals surface area contributed by atoms with Crippen LogP contribution >= 0.6 is 0 Å². The summed E-state index contributed by atoms with van der Waals surface area (Å²) >= 11 is 0. The largest absolute Gasteiger partial charge is 0.477 e. The minimum absolute atomic E-state index is 0.0391. The van der Waals surface area contributed by atoms with Crippen molar-refractivity contribution in [1.82, 2.24) is 0 Å². The van der Waals surface area contributed by atoms with E-state index in [1.165, 1.54) is 25.7 Å². The quantitative estimate of drug-likeness (QED) is 0.0352. The molecule has 1 N–H and O–H groups in total. The molecule has 2 atom stereocenters. The second-order valence-electron chi connectivity index (χ2n) is 12.9. The van der Waals surface area contributed by atoms with E-state index in [9.17, 15) is 19.5 Å². The zero-order valence-electron chi connectivity index (χ0n) is 30.7. The molecular weight excluding hydrogens is 606 g/mol. The van der Waals surface area contributed by atoms with E-state index in [0.29, 0.717) is 19.3 Å². The van der Waals surface area contributed by atoms with E-state index in [-0.39, 0.29) is 42.7 Å². The minimum atomic E-state index is -0.888. The van der Waals surface area contributed by atoms with Crippen LogP contribution in [0.2, 0.25) is 0 Å². The summed E-state index contributed by atoms with van der Waals surface area (Å²) in [6, 6.07) is -0.623. The number of carboxylic acids is 1. The Labute approximate surface area is 291 Å². The highest BCUT2D eigenvalue weighted by atomic mass is 16.6. The van der Waals surface area contributed by atoms with Gasteiger partial charge in [0.25, 0.3) is 0 Å². The van der Waals surface area contributed by atoms with E-state index >= 15 is 0 Å². The monoisotopic (exact) mass is 672 g/mol. The fourth-order valence-corrected chi connectivity index (χ4v) is 4.71. The highest BCUT2D eigenvalue weighted by molar-refractivity contribution is 5.72. The van der Waals surface area contributed by atoms with Crippen molar-refractivity contribution in [3.8, 4) is 0 Å². The second kappa shape index (κ2) is 31.1. The Hall–Kier alpha value is -3.23. The highest BCUT2D eigenvalue weighted by Gasteiger charge is 2.31. The molecular formula is C40H66NO7+. The van der Waals surface area contributed by atoms with Gasteiger partial charge in [0.05, 0.1) is 34.4 Å².